The monoisotopic (exact) mass is 427 g/mol. The molecule has 1 aliphatic carbocycles. The fourth-order valence-electron chi connectivity index (χ4n) is 3.79. The average Bonchev–Trinajstić information content (AvgIpc) is 3.33. The van der Waals surface area contributed by atoms with E-state index in [1.54, 1.807) is 10.9 Å². The van der Waals surface area contributed by atoms with Gasteiger partial charge in [0, 0.05) is 13.2 Å². The summed E-state index contributed by atoms with van der Waals surface area (Å²) in [5, 5.41) is 23.2. The number of nitrogens with one attached hydrogen (secondary N) is 1. The van der Waals surface area contributed by atoms with Gasteiger partial charge in [0.1, 0.15) is 18.3 Å². The van der Waals surface area contributed by atoms with E-state index in [1.807, 2.05) is 0 Å². The van der Waals surface area contributed by atoms with Gasteiger partial charge in [-0.25, -0.2) is 15.0 Å². The van der Waals surface area contributed by atoms with E-state index >= 15 is 0 Å². The number of halogens is 1. The maximum Gasteiger partial charge on any atom is 0.200 e. The molecule has 0 spiro atoms. The van der Waals surface area contributed by atoms with Gasteiger partial charge >= 0.3 is 0 Å². The summed E-state index contributed by atoms with van der Waals surface area (Å²) < 4.78 is 13.4. The van der Waals surface area contributed by atoms with E-state index in [0.717, 1.165) is 12.8 Å². The summed E-state index contributed by atoms with van der Waals surface area (Å²) in [7, 11) is 1.50. The van der Waals surface area contributed by atoms with Gasteiger partial charge in [-0.15, -0.1) is 0 Å². The van der Waals surface area contributed by atoms with Crippen LogP contribution in [0.4, 0.5) is 5.82 Å². The second kappa shape index (κ2) is 7.35. The normalized spacial score (nSPS) is 29.7. The topological polar surface area (TPSA) is 115 Å². The lowest BCUT2D eigenvalue weighted by Gasteiger charge is -2.20. The fraction of sp³-hybridized carbons (Fsp3) is 0.688. The van der Waals surface area contributed by atoms with Crippen molar-refractivity contribution < 1.29 is 19.7 Å². The van der Waals surface area contributed by atoms with Crippen molar-refractivity contribution in [2.45, 2.75) is 56.3 Å². The summed E-state index contributed by atoms with van der Waals surface area (Å²) >= 11 is 3.36. The molecular weight excluding hydrogens is 406 g/mol. The number of fused-ring (bicyclic) bond motifs is 1. The third-order valence-electron chi connectivity index (χ3n) is 5.13. The smallest absolute Gasteiger partial charge is 0.200 e. The Labute approximate surface area is 158 Å². The number of methoxy groups -OCH3 is 1. The molecule has 3 N–H and O–H groups in total. The molecule has 2 aromatic heterocycles. The highest BCUT2D eigenvalue weighted by molar-refractivity contribution is 9.10. The van der Waals surface area contributed by atoms with Gasteiger partial charge in [-0.1, -0.05) is 12.8 Å². The number of aromatic nitrogens is 4. The van der Waals surface area contributed by atoms with Crippen LogP contribution in [0.3, 0.4) is 0 Å². The van der Waals surface area contributed by atoms with Crippen LogP contribution in [0.1, 0.15) is 31.9 Å². The van der Waals surface area contributed by atoms with Crippen molar-refractivity contribution in [3.63, 3.8) is 0 Å². The van der Waals surface area contributed by atoms with Crippen LogP contribution in [0.5, 0.6) is 0 Å². The van der Waals surface area contributed by atoms with E-state index in [1.165, 1.54) is 20.0 Å². The molecular formula is C16H22BrN5O4. The summed E-state index contributed by atoms with van der Waals surface area (Å²) in [6.45, 7) is -0.294. The van der Waals surface area contributed by atoms with Crippen LogP contribution in [0.2, 0.25) is 0 Å². The minimum absolute atomic E-state index is 0.294. The zero-order valence-electron chi connectivity index (χ0n) is 14.4. The molecule has 10 heteroatoms. The fourth-order valence-corrected chi connectivity index (χ4v) is 4.13. The second-order valence-corrected chi connectivity index (χ2v) is 7.44. The molecule has 0 aromatic carbocycles. The lowest BCUT2D eigenvalue weighted by Crippen LogP contribution is -2.34. The third-order valence-corrected chi connectivity index (χ3v) is 5.48. The minimum atomic E-state index is -0.936. The van der Waals surface area contributed by atoms with Gasteiger partial charge in [-0.2, -0.15) is 0 Å². The van der Waals surface area contributed by atoms with Crippen LogP contribution in [0.25, 0.3) is 11.2 Å². The van der Waals surface area contributed by atoms with E-state index in [4.69, 9.17) is 9.47 Å². The van der Waals surface area contributed by atoms with Crippen LogP contribution in [-0.2, 0) is 9.47 Å². The number of anilines is 1. The second-order valence-electron chi connectivity index (χ2n) is 6.73. The molecule has 26 heavy (non-hydrogen) atoms. The standard InChI is InChI=1S/C16H22BrN5O4/c1-25-12-11(24)9(6-23)26-15(12)22-7-18-10-13(19-8-4-2-3-5-8)20-16(17)21-14(10)22/h7-9,11-12,15,23-24H,2-6H2,1H3,(H,19,20,21)/t9-,11?,12?,15-/m1/s1. The first-order valence-electron chi connectivity index (χ1n) is 8.76. The van der Waals surface area contributed by atoms with Gasteiger partial charge in [0.2, 0.25) is 4.73 Å². The Kier molecular flexibility index (Phi) is 5.11. The van der Waals surface area contributed by atoms with Crippen LogP contribution in [0, 0.1) is 0 Å². The van der Waals surface area contributed by atoms with Crippen LogP contribution < -0.4 is 5.32 Å². The molecule has 142 valence electrons. The Morgan fingerprint density at radius 2 is 2.15 bits per heavy atom. The highest BCUT2D eigenvalue weighted by Crippen LogP contribution is 2.34. The summed E-state index contributed by atoms with van der Waals surface area (Å²) in [6.07, 6.45) is 3.34. The van der Waals surface area contributed by atoms with Crippen molar-refractivity contribution in [1.29, 1.82) is 0 Å². The van der Waals surface area contributed by atoms with Gasteiger partial charge in [0.05, 0.1) is 12.9 Å². The predicted molar refractivity (Wildman–Crippen MR) is 96.7 cm³/mol. The number of nitrogens with zero attached hydrogens (tertiary/aromatic N) is 4. The molecule has 2 unspecified atom stereocenters. The Balaban J connectivity index is 1.71. The van der Waals surface area contributed by atoms with E-state index in [0.29, 0.717) is 27.8 Å². The highest BCUT2D eigenvalue weighted by atomic mass is 79.9. The first kappa shape index (κ1) is 18.1. The van der Waals surface area contributed by atoms with Crippen LogP contribution >= 0.6 is 15.9 Å². The van der Waals surface area contributed by atoms with Crippen LogP contribution in [-0.4, -0.2) is 67.8 Å². The van der Waals surface area contributed by atoms with Crippen molar-refractivity contribution in [3.05, 3.63) is 11.1 Å². The number of rotatable bonds is 5. The van der Waals surface area contributed by atoms with Crippen molar-refractivity contribution in [3.8, 4) is 0 Å². The Hall–Kier alpha value is -1.33. The number of hydrogen-bond acceptors (Lipinski definition) is 8. The highest BCUT2D eigenvalue weighted by Gasteiger charge is 2.45. The zero-order chi connectivity index (χ0) is 18.3. The first-order chi connectivity index (χ1) is 12.6. The molecule has 0 bridgehead atoms. The van der Waals surface area contributed by atoms with Crippen LogP contribution in [0.15, 0.2) is 11.1 Å². The average molecular weight is 428 g/mol. The molecule has 9 nitrogen and oxygen atoms in total. The summed E-state index contributed by atoms with van der Waals surface area (Å²) in [5.74, 6) is 0.679. The van der Waals surface area contributed by atoms with Gasteiger partial charge in [0.15, 0.2) is 23.2 Å². The van der Waals surface area contributed by atoms with E-state index < -0.39 is 24.5 Å². The van der Waals surface area contributed by atoms with Crippen molar-refractivity contribution in [2.24, 2.45) is 0 Å². The molecule has 3 heterocycles. The first-order valence-corrected chi connectivity index (χ1v) is 9.55. The molecule has 1 aliphatic heterocycles. The maximum absolute atomic E-state index is 10.3. The summed E-state index contributed by atoms with van der Waals surface area (Å²) in [4.78, 5) is 13.4. The largest absolute Gasteiger partial charge is 0.394 e. The van der Waals surface area contributed by atoms with Gasteiger partial charge in [-0.3, -0.25) is 4.57 Å². The van der Waals surface area contributed by atoms with E-state index in [-0.39, 0.29) is 6.61 Å². The van der Waals surface area contributed by atoms with Gasteiger partial charge in [-0.05, 0) is 28.8 Å². The number of imidazole rings is 1. The quantitative estimate of drug-likeness (QED) is 0.609. The minimum Gasteiger partial charge on any atom is -0.394 e. The molecule has 4 rings (SSSR count). The Morgan fingerprint density at radius 3 is 2.85 bits per heavy atom. The molecule has 1 saturated carbocycles. The van der Waals surface area contributed by atoms with Crippen molar-refractivity contribution in [1.82, 2.24) is 19.5 Å². The Morgan fingerprint density at radius 1 is 1.38 bits per heavy atom. The lowest BCUT2D eigenvalue weighted by molar-refractivity contribution is -0.0583. The SMILES string of the molecule is COC1C(O)[C@@H](CO)O[C@H]1n1cnc2c(NC3CCCC3)nc(Br)nc21. The summed E-state index contributed by atoms with van der Waals surface area (Å²) in [6, 6.07) is 0.389. The molecule has 1 saturated heterocycles. The molecule has 2 aromatic rings. The predicted octanol–water partition coefficient (Wildman–Crippen LogP) is 1.21. The molecule has 0 amide bonds. The van der Waals surface area contributed by atoms with Crippen molar-refractivity contribution in [2.75, 3.05) is 19.0 Å². The number of aliphatic hydroxyl groups is 2. The molecule has 2 fully saturated rings. The third kappa shape index (κ3) is 3.09. The van der Waals surface area contributed by atoms with Gasteiger partial charge in [0.25, 0.3) is 0 Å². The molecule has 0 radical (unpaired) electrons. The number of ether oxygens (including phenoxy) is 2. The van der Waals surface area contributed by atoms with Gasteiger partial charge < -0.3 is 25.0 Å². The maximum atomic E-state index is 10.3. The van der Waals surface area contributed by atoms with E-state index in [2.05, 4.69) is 36.2 Å². The summed E-state index contributed by atoms with van der Waals surface area (Å²) in [5.41, 5.74) is 1.21. The molecule has 2 aliphatic rings. The van der Waals surface area contributed by atoms with Crippen molar-refractivity contribution >= 4 is 32.9 Å². The number of aliphatic hydroxyl groups excluding tert-OH is 2. The Bertz CT molecular complexity index is 781. The lowest BCUT2D eigenvalue weighted by atomic mass is 10.1. The van der Waals surface area contributed by atoms with E-state index in [9.17, 15) is 10.2 Å². The zero-order valence-corrected chi connectivity index (χ0v) is 16.0. The number of hydrogen-bond donors (Lipinski definition) is 3. The molecule has 4 atom stereocenters.